The standard InChI is InChI=1S/C13H23N3O2/c1-3-14-11-6-4-10(5-7-11)13-15-12(16-18-13)8-9-17-2/h10-11,14H,3-9H2,1-2H3. The molecule has 1 fully saturated rings. The molecule has 102 valence electrons. The lowest BCUT2D eigenvalue weighted by atomic mass is 9.86. The van der Waals surface area contributed by atoms with Crippen LogP contribution in [0.2, 0.25) is 0 Å². The van der Waals surface area contributed by atoms with E-state index < -0.39 is 0 Å². The molecule has 1 aliphatic carbocycles. The first-order valence-electron chi connectivity index (χ1n) is 6.88. The van der Waals surface area contributed by atoms with Gasteiger partial charge < -0.3 is 14.6 Å². The highest BCUT2D eigenvalue weighted by Gasteiger charge is 2.25. The van der Waals surface area contributed by atoms with Gasteiger partial charge >= 0.3 is 0 Å². The van der Waals surface area contributed by atoms with E-state index in [1.165, 1.54) is 12.8 Å². The maximum absolute atomic E-state index is 5.36. The maximum atomic E-state index is 5.36. The highest BCUT2D eigenvalue weighted by atomic mass is 16.5. The summed E-state index contributed by atoms with van der Waals surface area (Å²) < 4.78 is 10.4. The third-order valence-corrected chi connectivity index (χ3v) is 3.58. The Kier molecular flexibility index (Phi) is 5.13. The zero-order valence-electron chi connectivity index (χ0n) is 11.3. The summed E-state index contributed by atoms with van der Waals surface area (Å²) in [6.07, 6.45) is 5.42. The number of methoxy groups -OCH3 is 1. The molecule has 0 aromatic carbocycles. The normalized spacial score (nSPS) is 24.3. The summed E-state index contributed by atoms with van der Waals surface area (Å²) in [5.74, 6) is 2.03. The van der Waals surface area contributed by atoms with Crippen LogP contribution in [0, 0.1) is 0 Å². The lowest BCUT2D eigenvalue weighted by Gasteiger charge is -2.26. The highest BCUT2D eigenvalue weighted by Crippen LogP contribution is 2.31. The fourth-order valence-corrected chi connectivity index (χ4v) is 2.56. The average Bonchev–Trinajstić information content (AvgIpc) is 2.86. The van der Waals surface area contributed by atoms with Crippen LogP contribution in [0.5, 0.6) is 0 Å². The zero-order chi connectivity index (χ0) is 12.8. The summed E-state index contributed by atoms with van der Waals surface area (Å²) in [5.41, 5.74) is 0. The Labute approximate surface area is 108 Å². The number of aromatic nitrogens is 2. The van der Waals surface area contributed by atoms with E-state index in [1.54, 1.807) is 7.11 Å². The van der Waals surface area contributed by atoms with E-state index in [0.717, 1.165) is 37.5 Å². The maximum Gasteiger partial charge on any atom is 0.229 e. The van der Waals surface area contributed by atoms with Crippen molar-refractivity contribution < 1.29 is 9.26 Å². The predicted octanol–water partition coefficient (Wildman–Crippen LogP) is 1.89. The molecule has 0 radical (unpaired) electrons. The first-order valence-corrected chi connectivity index (χ1v) is 6.88. The van der Waals surface area contributed by atoms with Gasteiger partial charge in [-0.05, 0) is 32.2 Å². The van der Waals surface area contributed by atoms with Crippen LogP contribution in [0.1, 0.15) is 50.2 Å². The molecule has 18 heavy (non-hydrogen) atoms. The van der Waals surface area contributed by atoms with E-state index in [-0.39, 0.29) is 0 Å². The SMILES string of the molecule is CCNC1CCC(c2nc(CCOC)no2)CC1. The Morgan fingerprint density at radius 3 is 2.78 bits per heavy atom. The number of rotatable bonds is 6. The molecule has 0 aliphatic heterocycles. The molecule has 0 unspecified atom stereocenters. The number of nitrogens with zero attached hydrogens (tertiary/aromatic N) is 2. The third kappa shape index (κ3) is 3.53. The Hall–Kier alpha value is -0.940. The molecule has 1 aliphatic rings. The second kappa shape index (κ2) is 6.85. The third-order valence-electron chi connectivity index (χ3n) is 3.58. The van der Waals surface area contributed by atoms with E-state index in [2.05, 4.69) is 22.4 Å². The molecule has 1 aromatic rings. The van der Waals surface area contributed by atoms with Gasteiger partial charge in [0.1, 0.15) is 0 Å². The van der Waals surface area contributed by atoms with Crippen molar-refractivity contribution in [2.24, 2.45) is 0 Å². The van der Waals surface area contributed by atoms with Crippen molar-refractivity contribution in [3.63, 3.8) is 0 Å². The van der Waals surface area contributed by atoms with E-state index in [1.807, 2.05) is 0 Å². The number of hydrogen-bond donors (Lipinski definition) is 1. The van der Waals surface area contributed by atoms with Gasteiger partial charge in [-0.25, -0.2) is 0 Å². The van der Waals surface area contributed by atoms with Gasteiger partial charge in [0.2, 0.25) is 5.89 Å². The smallest absolute Gasteiger partial charge is 0.229 e. The topological polar surface area (TPSA) is 60.2 Å². The van der Waals surface area contributed by atoms with Crippen molar-refractivity contribution in [2.45, 2.75) is 51.0 Å². The van der Waals surface area contributed by atoms with Crippen LogP contribution in [-0.2, 0) is 11.2 Å². The molecule has 0 amide bonds. The molecule has 0 saturated heterocycles. The van der Waals surface area contributed by atoms with Gasteiger partial charge in [0, 0.05) is 25.5 Å². The molecule has 1 saturated carbocycles. The average molecular weight is 253 g/mol. The summed E-state index contributed by atoms with van der Waals surface area (Å²) in [4.78, 5) is 4.46. The van der Waals surface area contributed by atoms with Gasteiger partial charge in [-0.1, -0.05) is 12.1 Å². The molecule has 1 N–H and O–H groups in total. The van der Waals surface area contributed by atoms with Gasteiger partial charge in [-0.2, -0.15) is 4.98 Å². The molecular formula is C13H23N3O2. The number of hydrogen-bond acceptors (Lipinski definition) is 5. The van der Waals surface area contributed by atoms with Crippen LogP contribution in [0.15, 0.2) is 4.52 Å². The molecule has 5 nitrogen and oxygen atoms in total. The summed E-state index contributed by atoms with van der Waals surface area (Å²) in [6, 6.07) is 0.669. The summed E-state index contributed by atoms with van der Waals surface area (Å²) in [5, 5.41) is 7.51. The van der Waals surface area contributed by atoms with Gasteiger partial charge in [0.25, 0.3) is 0 Å². The molecule has 0 bridgehead atoms. The fourth-order valence-electron chi connectivity index (χ4n) is 2.56. The van der Waals surface area contributed by atoms with Crippen LogP contribution in [-0.4, -0.2) is 36.4 Å². The Morgan fingerprint density at radius 2 is 2.11 bits per heavy atom. The van der Waals surface area contributed by atoms with Gasteiger partial charge in [-0.3, -0.25) is 0 Å². The first kappa shape index (κ1) is 13.5. The van der Waals surface area contributed by atoms with Gasteiger partial charge in [-0.15, -0.1) is 0 Å². The minimum Gasteiger partial charge on any atom is -0.384 e. The fraction of sp³-hybridized carbons (Fsp3) is 0.846. The predicted molar refractivity (Wildman–Crippen MR) is 68.6 cm³/mol. The minimum absolute atomic E-state index is 0.448. The van der Waals surface area contributed by atoms with E-state index in [4.69, 9.17) is 9.26 Å². The van der Waals surface area contributed by atoms with E-state index in [9.17, 15) is 0 Å². The molecule has 1 heterocycles. The van der Waals surface area contributed by atoms with Gasteiger partial charge in [0.15, 0.2) is 5.82 Å². The van der Waals surface area contributed by atoms with Crippen LogP contribution in [0.3, 0.4) is 0 Å². The van der Waals surface area contributed by atoms with Crippen molar-refractivity contribution in [2.75, 3.05) is 20.3 Å². The van der Waals surface area contributed by atoms with Crippen molar-refractivity contribution in [1.82, 2.24) is 15.5 Å². The molecule has 0 spiro atoms. The number of ether oxygens (including phenoxy) is 1. The second-order valence-electron chi connectivity index (χ2n) is 4.90. The molecule has 5 heteroatoms. The van der Waals surface area contributed by atoms with Crippen molar-refractivity contribution in [3.8, 4) is 0 Å². The van der Waals surface area contributed by atoms with Gasteiger partial charge in [0.05, 0.1) is 6.61 Å². The highest BCUT2D eigenvalue weighted by molar-refractivity contribution is 4.97. The summed E-state index contributed by atoms with van der Waals surface area (Å²) in [7, 11) is 1.68. The molecule has 2 rings (SSSR count). The van der Waals surface area contributed by atoms with Crippen molar-refractivity contribution >= 4 is 0 Å². The summed E-state index contributed by atoms with van der Waals surface area (Å²) >= 11 is 0. The Morgan fingerprint density at radius 1 is 1.33 bits per heavy atom. The Balaban J connectivity index is 1.83. The lowest BCUT2D eigenvalue weighted by molar-refractivity contribution is 0.199. The van der Waals surface area contributed by atoms with Crippen LogP contribution in [0.4, 0.5) is 0 Å². The molecule has 0 atom stereocenters. The largest absolute Gasteiger partial charge is 0.384 e. The monoisotopic (exact) mass is 253 g/mol. The van der Waals surface area contributed by atoms with Crippen LogP contribution in [0.25, 0.3) is 0 Å². The lowest BCUT2D eigenvalue weighted by Crippen LogP contribution is -2.32. The number of nitrogens with one attached hydrogen (secondary N) is 1. The molecular weight excluding hydrogens is 230 g/mol. The Bertz CT molecular complexity index is 346. The van der Waals surface area contributed by atoms with Crippen molar-refractivity contribution in [1.29, 1.82) is 0 Å². The quantitative estimate of drug-likeness (QED) is 0.839. The van der Waals surface area contributed by atoms with Crippen LogP contribution < -0.4 is 5.32 Å². The van der Waals surface area contributed by atoms with Crippen molar-refractivity contribution in [3.05, 3.63) is 11.7 Å². The van der Waals surface area contributed by atoms with E-state index in [0.29, 0.717) is 18.6 Å². The van der Waals surface area contributed by atoms with E-state index >= 15 is 0 Å². The molecule has 1 aromatic heterocycles. The first-order chi connectivity index (χ1) is 8.83. The second-order valence-corrected chi connectivity index (χ2v) is 4.90. The minimum atomic E-state index is 0.448. The van der Waals surface area contributed by atoms with Crippen LogP contribution >= 0.6 is 0 Å². The zero-order valence-corrected chi connectivity index (χ0v) is 11.3. The summed E-state index contributed by atoms with van der Waals surface area (Å²) in [6.45, 7) is 3.86.